The van der Waals surface area contributed by atoms with Crippen molar-refractivity contribution in [2.24, 2.45) is 0 Å². The molecule has 0 aromatic heterocycles. The molecule has 1 unspecified atom stereocenters. The van der Waals surface area contributed by atoms with Gasteiger partial charge in [0.05, 0.1) is 0 Å². The SMILES string of the molecule is CC/C=C\C/C=C\C/C=C\C/C=C\CCCCCCCCCCCCCCCCCCC(=O)OCC(COC(=O)CCCCCCC/C=C\CCCCC)OC(=O)CCCCCCC/C=C\C/C=C\CCCCCC. The number of allylic oxidation sites excluding steroid dienone is 14. The van der Waals surface area contributed by atoms with E-state index in [0.29, 0.717) is 19.3 Å². The van der Waals surface area contributed by atoms with Gasteiger partial charge >= 0.3 is 17.9 Å². The van der Waals surface area contributed by atoms with Gasteiger partial charge in [0, 0.05) is 19.3 Å². The summed E-state index contributed by atoms with van der Waals surface area (Å²) in [4.78, 5) is 38.2. The van der Waals surface area contributed by atoms with Crippen LogP contribution in [0.3, 0.4) is 0 Å². The Morgan fingerprint density at radius 2 is 0.520 bits per heavy atom. The molecule has 0 N–H and O–H groups in total. The number of carbonyl (C=O) groups is 3. The summed E-state index contributed by atoms with van der Waals surface area (Å²) in [6, 6.07) is 0. The first-order chi connectivity index (χ1) is 37.0. The van der Waals surface area contributed by atoms with Crippen molar-refractivity contribution >= 4 is 17.9 Å². The van der Waals surface area contributed by atoms with Gasteiger partial charge in [0.25, 0.3) is 0 Å². The number of carbonyl (C=O) groups excluding carboxylic acids is 3. The van der Waals surface area contributed by atoms with Crippen LogP contribution in [-0.4, -0.2) is 37.2 Å². The highest BCUT2D eigenvalue weighted by Gasteiger charge is 2.19. The van der Waals surface area contributed by atoms with Gasteiger partial charge in [-0.15, -0.1) is 0 Å². The Morgan fingerprint density at radius 3 is 0.853 bits per heavy atom. The Morgan fingerprint density at radius 1 is 0.280 bits per heavy atom. The number of hydrogen-bond acceptors (Lipinski definition) is 6. The Kier molecular flexibility index (Phi) is 60.3. The molecule has 0 aromatic rings. The van der Waals surface area contributed by atoms with E-state index in [2.05, 4.69) is 106 Å². The molecule has 1 atom stereocenters. The monoisotopic (exact) mass is 1040 g/mol. The van der Waals surface area contributed by atoms with Gasteiger partial charge < -0.3 is 14.2 Å². The van der Waals surface area contributed by atoms with Crippen molar-refractivity contribution in [2.75, 3.05) is 13.2 Å². The van der Waals surface area contributed by atoms with Crippen molar-refractivity contribution < 1.29 is 28.6 Å². The quantitative estimate of drug-likeness (QED) is 0.0261. The van der Waals surface area contributed by atoms with Crippen LogP contribution in [0.5, 0.6) is 0 Å². The maximum atomic E-state index is 12.9. The molecule has 0 bridgehead atoms. The third kappa shape index (κ3) is 61.3. The van der Waals surface area contributed by atoms with Crippen LogP contribution in [-0.2, 0) is 28.6 Å². The van der Waals surface area contributed by atoms with Crippen molar-refractivity contribution in [1.82, 2.24) is 0 Å². The van der Waals surface area contributed by atoms with Gasteiger partial charge in [0.15, 0.2) is 6.10 Å². The van der Waals surface area contributed by atoms with Gasteiger partial charge in [0.1, 0.15) is 13.2 Å². The normalized spacial score (nSPS) is 12.6. The van der Waals surface area contributed by atoms with Crippen molar-refractivity contribution in [3.05, 3.63) is 85.1 Å². The van der Waals surface area contributed by atoms with Gasteiger partial charge in [-0.25, -0.2) is 0 Å². The molecule has 0 rings (SSSR count). The van der Waals surface area contributed by atoms with Crippen LogP contribution in [0.25, 0.3) is 0 Å². The summed E-state index contributed by atoms with van der Waals surface area (Å²) in [5.41, 5.74) is 0. The minimum atomic E-state index is -0.786. The summed E-state index contributed by atoms with van der Waals surface area (Å²) in [7, 11) is 0. The second-order valence-corrected chi connectivity index (χ2v) is 21.3. The maximum absolute atomic E-state index is 12.9. The molecule has 6 nitrogen and oxygen atoms in total. The first-order valence-electron chi connectivity index (χ1n) is 32.1. The fraction of sp³-hybridized carbons (Fsp3) is 0.754. The third-order valence-corrected chi connectivity index (χ3v) is 13.9. The van der Waals surface area contributed by atoms with Gasteiger partial charge in [-0.05, 0) is 116 Å². The lowest BCUT2D eigenvalue weighted by Crippen LogP contribution is -2.30. The van der Waals surface area contributed by atoms with Crippen LogP contribution < -0.4 is 0 Å². The molecular weight excluding hydrogens is 925 g/mol. The van der Waals surface area contributed by atoms with E-state index in [9.17, 15) is 14.4 Å². The smallest absolute Gasteiger partial charge is 0.306 e. The van der Waals surface area contributed by atoms with Crippen molar-refractivity contribution in [3.63, 3.8) is 0 Å². The minimum Gasteiger partial charge on any atom is -0.462 e. The highest BCUT2D eigenvalue weighted by Crippen LogP contribution is 2.16. The zero-order valence-corrected chi connectivity index (χ0v) is 49.6. The van der Waals surface area contributed by atoms with Gasteiger partial charge in [-0.2, -0.15) is 0 Å². The summed E-state index contributed by atoms with van der Waals surface area (Å²) in [6.07, 6.45) is 83.1. The van der Waals surface area contributed by atoms with E-state index in [-0.39, 0.29) is 31.1 Å². The fourth-order valence-corrected chi connectivity index (χ4v) is 9.05. The molecule has 0 aromatic carbocycles. The van der Waals surface area contributed by atoms with Gasteiger partial charge in [-0.1, -0.05) is 266 Å². The highest BCUT2D eigenvalue weighted by molar-refractivity contribution is 5.71. The average molecular weight is 1050 g/mol. The highest BCUT2D eigenvalue weighted by atomic mass is 16.6. The van der Waals surface area contributed by atoms with E-state index >= 15 is 0 Å². The minimum absolute atomic E-state index is 0.0824. The Labute approximate surface area is 465 Å². The van der Waals surface area contributed by atoms with Crippen LogP contribution in [0.2, 0.25) is 0 Å². The molecule has 0 fully saturated rings. The topological polar surface area (TPSA) is 78.9 Å². The molecule has 0 aliphatic carbocycles. The molecule has 0 spiro atoms. The summed E-state index contributed by atoms with van der Waals surface area (Å²) in [5, 5.41) is 0. The zero-order chi connectivity index (χ0) is 54.3. The zero-order valence-electron chi connectivity index (χ0n) is 49.6. The molecule has 0 amide bonds. The number of rotatable bonds is 58. The standard InChI is InChI=1S/C69H120O6/c1-4-7-10-13-16-19-22-25-27-29-30-31-32-33-34-35-36-37-38-39-40-41-43-44-47-50-53-56-59-62-68(71)74-65-66(64-73-67(70)61-58-55-52-49-46-24-21-18-15-12-9-6-3)75-69(72)63-60-57-54-51-48-45-42-28-26-23-20-17-14-11-8-5-2/h7,10,16,18-21,23,25,27-28,30-31,42,66H,4-6,8-9,11-15,17,22,24,26,29,32-41,43-65H2,1-3H3/b10-7-,19-16-,21-18-,23-20-,27-25-,31-30-,42-28-. The molecule has 0 heterocycles. The van der Waals surface area contributed by atoms with E-state index in [1.165, 1.54) is 161 Å². The van der Waals surface area contributed by atoms with Crippen molar-refractivity contribution in [2.45, 2.75) is 322 Å². The number of esters is 3. The molecule has 0 saturated carbocycles. The lowest BCUT2D eigenvalue weighted by Gasteiger charge is -2.18. The average Bonchev–Trinajstić information content (AvgIpc) is 3.41. The first-order valence-corrected chi connectivity index (χ1v) is 32.1. The molecule has 0 saturated heterocycles. The second-order valence-electron chi connectivity index (χ2n) is 21.3. The van der Waals surface area contributed by atoms with Crippen molar-refractivity contribution in [1.29, 1.82) is 0 Å². The Bertz CT molecular complexity index is 1430. The molecule has 0 aliphatic heterocycles. The van der Waals surface area contributed by atoms with Crippen LogP contribution in [0.15, 0.2) is 85.1 Å². The maximum Gasteiger partial charge on any atom is 0.306 e. The van der Waals surface area contributed by atoms with Crippen molar-refractivity contribution in [3.8, 4) is 0 Å². The van der Waals surface area contributed by atoms with E-state index in [1.807, 2.05) is 0 Å². The fourth-order valence-electron chi connectivity index (χ4n) is 9.05. The Balaban J connectivity index is 4.21. The van der Waals surface area contributed by atoms with Gasteiger partial charge in [-0.3, -0.25) is 14.4 Å². The number of hydrogen-bond donors (Lipinski definition) is 0. The van der Waals surface area contributed by atoms with E-state index in [1.54, 1.807) is 0 Å². The molecule has 0 aliphatic rings. The molecular formula is C69H120O6. The largest absolute Gasteiger partial charge is 0.462 e. The number of ether oxygens (including phenoxy) is 3. The summed E-state index contributed by atoms with van der Waals surface area (Å²) in [5.74, 6) is -0.894. The van der Waals surface area contributed by atoms with Crippen LogP contribution in [0.4, 0.5) is 0 Å². The predicted octanol–water partition coefficient (Wildman–Crippen LogP) is 21.9. The van der Waals surface area contributed by atoms with E-state index in [0.717, 1.165) is 116 Å². The molecule has 432 valence electrons. The molecule has 0 radical (unpaired) electrons. The summed E-state index contributed by atoms with van der Waals surface area (Å²) >= 11 is 0. The van der Waals surface area contributed by atoms with Crippen LogP contribution in [0, 0.1) is 0 Å². The lowest BCUT2D eigenvalue weighted by molar-refractivity contribution is -0.167. The first kappa shape index (κ1) is 71.6. The third-order valence-electron chi connectivity index (χ3n) is 13.9. The van der Waals surface area contributed by atoms with Crippen LogP contribution in [0.1, 0.15) is 316 Å². The van der Waals surface area contributed by atoms with Gasteiger partial charge in [0.2, 0.25) is 0 Å². The summed E-state index contributed by atoms with van der Waals surface area (Å²) < 4.78 is 16.9. The molecule has 6 heteroatoms. The lowest BCUT2D eigenvalue weighted by atomic mass is 10.0. The Hall–Kier alpha value is -3.41. The second kappa shape index (κ2) is 63.1. The summed E-state index contributed by atoms with van der Waals surface area (Å²) in [6.45, 7) is 6.49. The number of unbranched alkanes of at least 4 members (excludes halogenated alkanes) is 33. The van der Waals surface area contributed by atoms with E-state index < -0.39 is 6.10 Å². The predicted molar refractivity (Wildman–Crippen MR) is 325 cm³/mol. The van der Waals surface area contributed by atoms with Crippen LogP contribution >= 0.6 is 0 Å². The molecule has 75 heavy (non-hydrogen) atoms. The van der Waals surface area contributed by atoms with E-state index in [4.69, 9.17) is 14.2 Å².